The van der Waals surface area contributed by atoms with Crippen LogP contribution in [0.1, 0.15) is 38.8 Å². The number of nitrogens with one attached hydrogen (secondary N) is 1. The second-order valence-electron chi connectivity index (χ2n) is 7.39. The summed E-state index contributed by atoms with van der Waals surface area (Å²) < 4.78 is 66.1. The third-order valence-electron chi connectivity index (χ3n) is 3.94. The zero-order valence-corrected chi connectivity index (χ0v) is 20.2. The van der Waals surface area contributed by atoms with Crippen LogP contribution in [-0.2, 0) is 19.8 Å². The Balaban J connectivity index is 2.50. The highest BCUT2D eigenvalue weighted by molar-refractivity contribution is 9.10. The molecule has 0 aliphatic heterocycles. The van der Waals surface area contributed by atoms with E-state index in [1.54, 1.807) is 52.0 Å². The number of hydrogen-bond donors (Lipinski definition) is 1. The topological polar surface area (TPSA) is 47.6 Å². The first kappa shape index (κ1) is 25.7. The molecule has 1 N–H and O–H groups in total. The monoisotopic (exact) mass is 519 g/mol. The molecule has 0 bridgehead atoms. The van der Waals surface area contributed by atoms with Gasteiger partial charge in [-0.15, -0.1) is 0 Å². The summed E-state index contributed by atoms with van der Waals surface area (Å²) in [4.78, 5) is 0. The molecule has 0 amide bonds. The molecular formula is C22H26BrF3NO3P. The molecule has 0 saturated heterocycles. The summed E-state index contributed by atoms with van der Waals surface area (Å²) in [7, 11) is -3.80. The molecule has 9 heteroatoms. The van der Waals surface area contributed by atoms with Gasteiger partial charge in [0.1, 0.15) is 5.78 Å². The van der Waals surface area contributed by atoms with Crippen molar-refractivity contribution in [3.05, 3.63) is 70.2 Å². The highest BCUT2D eigenvalue weighted by Gasteiger charge is 2.37. The molecule has 0 saturated carbocycles. The Labute approximate surface area is 189 Å². The molecule has 2 aromatic carbocycles. The van der Waals surface area contributed by atoms with E-state index < -0.39 is 37.3 Å². The fraction of sp³-hybridized carbons (Fsp3) is 0.364. The minimum absolute atomic E-state index is 0.0433. The first-order valence-electron chi connectivity index (χ1n) is 9.74. The number of alkyl halides is 3. The third-order valence-corrected chi connectivity index (χ3v) is 6.88. The van der Waals surface area contributed by atoms with Gasteiger partial charge in [0.25, 0.3) is 0 Å². The van der Waals surface area contributed by atoms with Crippen molar-refractivity contribution in [3.63, 3.8) is 0 Å². The highest BCUT2D eigenvalue weighted by Crippen LogP contribution is 2.55. The maximum absolute atomic E-state index is 13.7. The summed E-state index contributed by atoms with van der Waals surface area (Å²) >= 11 is 3.35. The highest BCUT2D eigenvalue weighted by atomic mass is 79.9. The zero-order valence-electron chi connectivity index (χ0n) is 17.7. The molecule has 1 atom stereocenters. The van der Waals surface area contributed by atoms with Gasteiger partial charge in [-0.05, 0) is 69.7 Å². The molecule has 0 aliphatic rings. The third kappa shape index (κ3) is 7.79. The van der Waals surface area contributed by atoms with Crippen molar-refractivity contribution in [2.24, 2.45) is 0 Å². The Morgan fingerprint density at radius 3 is 2.03 bits per heavy atom. The van der Waals surface area contributed by atoms with Crippen molar-refractivity contribution in [2.75, 3.05) is 5.32 Å². The van der Waals surface area contributed by atoms with Gasteiger partial charge in [0.2, 0.25) is 0 Å². The minimum atomic E-state index is -4.51. The lowest BCUT2D eigenvalue weighted by molar-refractivity contribution is -0.137. The molecule has 2 rings (SSSR count). The van der Waals surface area contributed by atoms with Gasteiger partial charge in [-0.25, -0.2) is 0 Å². The van der Waals surface area contributed by atoms with Gasteiger partial charge < -0.3 is 14.4 Å². The van der Waals surface area contributed by atoms with E-state index in [1.165, 1.54) is 30.4 Å². The molecule has 4 nitrogen and oxygen atoms in total. The molecular weight excluding hydrogens is 494 g/mol. The lowest BCUT2D eigenvalue weighted by Crippen LogP contribution is -2.23. The van der Waals surface area contributed by atoms with Gasteiger partial charge >= 0.3 is 13.8 Å². The van der Waals surface area contributed by atoms with Gasteiger partial charge in [-0.3, -0.25) is 4.57 Å². The van der Waals surface area contributed by atoms with Crippen molar-refractivity contribution in [2.45, 2.75) is 51.9 Å². The Kier molecular flexibility index (Phi) is 8.95. The standard InChI is InChI=1S/C22H26BrF3NO3P/c1-15(2)29-31(28,30-16(3)4)21(27-19-12-10-18(23)11-13-19)14-9-17-7-5-6-8-20(17)22(24,25)26/h5-16,21,27H,1-4H3/b14-9+/t21-/m1/s1. The van der Waals surface area contributed by atoms with Crippen molar-refractivity contribution in [1.29, 1.82) is 0 Å². The van der Waals surface area contributed by atoms with Gasteiger partial charge in [0, 0.05) is 10.2 Å². The molecule has 2 aromatic rings. The van der Waals surface area contributed by atoms with E-state index in [4.69, 9.17) is 9.05 Å². The SMILES string of the molecule is CC(C)OP(=O)(OC(C)C)[C@H](/C=C/c1ccccc1C(F)(F)F)Nc1ccc(Br)cc1. The number of hydrogen-bond acceptors (Lipinski definition) is 4. The van der Waals surface area contributed by atoms with Crippen LogP contribution in [0.15, 0.2) is 59.1 Å². The van der Waals surface area contributed by atoms with Gasteiger partial charge in [-0.2, -0.15) is 13.2 Å². The van der Waals surface area contributed by atoms with Crippen LogP contribution < -0.4 is 5.32 Å². The number of benzene rings is 2. The Morgan fingerprint density at radius 1 is 0.968 bits per heavy atom. The van der Waals surface area contributed by atoms with Crippen molar-refractivity contribution < 1.29 is 26.8 Å². The van der Waals surface area contributed by atoms with Crippen LogP contribution in [-0.4, -0.2) is 18.0 Å². The summed E-state index contributed by atoms with van der Waals surface area (Å²) in [5.41, 5.74) is -0.210. The van der Waals surface area contributed by atoms with Crippen molar-refractivity contribution >= 4 is 35.3 Å². The molecule has 170 valence electrons. The summed E-state index contributed by atoms with van der Waals surface area (Å²) in [6.07, 6.45) is -2.66. The largest absolute Gasteiger partial charge is 0.416 e. The lowest BCUT2D eigenvalue weighted by Gasteiger charge is -2.29. The molecule has 0 aliphatic carbocycles. The number of rotatable bonds is 9. The summed E-state index contributed by atoms with van der Waals surface area (Å²) in [6.45, 7) is 6.87. The van der Waals surface area contributed by atoms with Crippen molar-refractivity contribution in [1.82, 2.24) is 0 Å². The Bertz CT molecular complexity index is 916. The van der Waals surface area contributed by atoms with Gasteiger partial charge in [-0.1, -0.05) is 40.2 Å². The number of halogens is 4. The zero-order chi connectivity index (χ0) is 23.2. The maximum atomic E-state index is 13.7. The van der Waals surface area contributed by atoms with Crippen molar-refractivity contribution in [3.8, 4) is 0 Å². The average Bonchev–Trinajstić information content (AvgIpc) is 2.64. The van der Waals surface area contributed by atoms with Gasteiger partial charge in [0.15, 0.2) is 0 Å². The predicted molar refractivity (Wildman–Crippen MR) is 122 cm³/mol. The minimum Gasteiger partial charge on any atom is -0.368 e. The fourth-order valence-electron chi connectivity index (χ4n) is 2.79. The van der Waals surface area contributed by atoms with Crippen LogP contribution in [0.3, 0.4) is 0 Å². The first-order chi connectivity index (χ1) is 14.4. The molecule has 0 radical (unpaired) electrons. The van der Waals surface area contributed by atoms with E-state index in [1.807, 2.05) is 0 Å². The molecule has 0 unspecified atom stereocenters. The van der Waals surface area contributed by atoms with Crippen LogP contribution in [0.5, 0.6) is 0 Å². The average molecular weight is 520 g/mol. The molecule has 0 spiro atoms. The van der Waals surface area contributed by atoms with E-state index in [-0.39, 0.29) is 5.56 Å². The normalized spacial score (nSPS) is 13.9. The first-order valence-corrected chi connectivity index (χ1v) is 12.1. The second-order valence-corrected chi connectivity index (χ2v) is 10.4. The van der Waals surface area contributed by atoms with E-state index in [0.29, 0.717) is 5.69 Å². The van der Waals surface area contributed by atoms with Crippen LogP contribution in [0.25, 0.3) is 6.08 Å². The van der Waals surface area contributed by atoms with E-state index in [0.717, 1.165) is 10.5 Å². The quantitative estimate of drug-likeness (QED) is 0.341. The van der Waals surface area contributed by atoms with E-state index in [9.17, 15) is 17.7 Å². The van der Waals surface area contributed by atoms with E-state index in [2.05, 4.69) is 21.2 Å². The van der Waals surface area contributed by atoms with E-state index >= 15 is 0 Å². The Morgan fingerprint density at radius 2 is 1.52 bits per heavy atom. The van der Waals surface area contributed by atoms with Gasteiger partial charge in [0.05, 0.1) is 17.8 Å². The van der Waals surface area contributed by atoms with Crippen LogP contribution in [0.4, 0.5) is 18.9 Å². The Hall–Kier alpha value is -1.60. The van der Waals surface area contributed by atoms with Crippen LogP contribution in [0.2, 0.25) is 0 Å². The number of anilines is 1. The molecule has 0 fully saturated rings. The molecule has 0 aromatic heterocycles. The maximum Gasteiger partial charge on any atom is 0.416 e. The predicted octanol–water partition coefficient (Wildman–Crippen LogP) is 7.96. The second kappa shape index (κ2) is 10.8. The summed E-state index contributed by atoms with van der Waals surface area (Å²) in [6, 6.07) is 12.3. The lowest BCUT2D eigenvalue weighted by atomic mass is 10.1. The molecule has 0 heterocycles. The van der Waals surface area contributed by atoms with Crippen LogP contribution >= 0.6 is 23.5 Å². The smallest absolute Gasteiger partial charge is 0.368 e. The molecule has 31 heavy (non-hydrogen) atoms. The summed E-state index contributed by atoms with van der Waals surface area (Å²) in [5, 5.41) is 3.08. The van der Waals surface area contributed by atoms with Crippen LogP contribution in [0, 0.1) is 0 Å². The fourth-order valence-corrected chi connectivity index (χ4v) is 5.14. The summed E-state index contributed by atoms with van der Waals surface area (Å²) in [5.74, 6) is -1.01.